The second kappa shape index (κ2) is 9.96. The molecule has 0 aliphatic heterocycles. The molecule has 0 saturated carbocycles. The Balaban J connectivity index is 1.86. The number of anilines is 2. The van der Waals surface area contributed by atoms with Gasteiger partial charge in [-0.25, -0.2) is 0 Å². The second-order valence-corrected chi connectivity index (χ2v) is 9.27. The number of carboxylic acids is 1. The van der Waals surface area contributed by atoms with Crippen LogP contribution in [0.25, 0.3) is 0 Å². The van der Waals surface area contributed by atoms with E-state index in [4.69, 9.17) is 9.84 Å². The van der Waals surface area contributed by atoms with Gasteiger partial charge in [-0.2, -0.15) is 0 Å². The van der Waals surface area contributed by atoms with Crippen molar-refractivity contribution >= 4 is 39.8 Å². The number of aliphatic carboxylic acids is 1. The van der Waals surface area contributed by atoms with Gasteiger partial charge in [0.2, 0.25) is 5.91 Å². The van der Waals surface area contributed by atoms with E-state index in [2.05, 4.69) is 17.6 Å². The van der Waals surface area contributed by atoms with Crippen LogP contribution in [-0.2, 0) is 22.4 Å². The lowest BCUT2D eigenvalue weighted by atomic mass is 9.88. The van der Waals surface area contributed by atoms with Crippen molar-refractivity contribution in [2.24, 2.45) is 11.8 Å². The van der Waals surface area contributed by atoms with Gasteiger partial charge in [-0.05, 0) is 48.8 Å². The predicted molar refractivity (Wildman–Crippen MR) is 121 cm³/mol. The fourth-order valence-corrected chi connectivity index (χ4v) is 5.30. The van der Waals surface area contributed by atoms with E-state index in [0.717, 1.165) is 29.7 Å². The van der Waals surface area contributed by atoms with Crippen molar-refractivity contribution in [3.63, 3.8) is 0 Å². The number of thiophene rings is 1. The second-order valence-electron chi connectivity index (χ2n) is 8.17. The number of carbonyl (C=O) groups excluding carboxylic acids is 2. The summed E-state index contributed by atoms with van der Waals surface area (Å²) in [6.45, 7) is 3.91. The van der Waals surface area contributed by atoms with Crippen LogP contribution in [0.5, 0.6) is 5.75 Å². The Bertz CT molecular complexity index is 984. The summed E-state index contributed by atoms with van der Waals surface area (Å²) >= 11 is 1.44. The normalized spacial score (nSPS) is 16.2. The van der Waals surface area contributed by atoms with E-state index in [1.54, 1.807) is 26.2 Å². The van der Waals surface area contributed by atoms with Gasteiger partial charge in [0.25, 0.3) is 5.91 Å². The Hall–Kier alpha value is -2.87. The Labute approximate surface area is 185 Å². The molecule has 2 aromatic rings. The van der Waals surface area contributed by atoms with Crippen LogP contribution >= 0.6 is 11.3 Å². The van der Waals surface area contributed by atoms with E-state index in [9.17, 15) is 14.4 Å². The molecule has 0 fully saturated rings. The molecule has 166 valence electrons. The molecule has 2 atom stereocenters. The molecular weight excluding hydrogens is 416 g/mol. The fourth-order valence-electron chi connectivity index (χ4n) is 3.88. The zero-order valence-electron chi connectivity index (χ0n) is 18.0. The number of para-hydroxylation sites is 2. The third-order valence-corrected chi connectivity index (χ3v) is 6.57. The predicted octanol–water partition coefficient (Wildman–Crippen LogP) is 4.57. The van der Waals surface area contributed by atoms with Crippen molar-refractivity contribution < 1.29 is 24.2 Å². The summed E-state index contributed by atoms with van der Waals surface area (Å²) in [6.07, 6.45) is 2.65. The molecule has 3 rings (SSSR count). The summed E-state index contributed by atoms with van der Waals surface area (Å²) in [5, 5.41) is 15.3. The minimum atomic E-state index is -0.933. The number of rotatable bonds is 8. The number of nitrogens with one attached hydrogen (secondary N) is 2. The van der Waals surface area contributed by atoms with Crippen molar-refractivity contribution in [2.75, 3.05) is 17.7 Å². The molecule has 0 unspecified atom stereocenters. The molecule has 1 aliphatic carbocycles. The summed E-state index contributed by atoms with van der Waals surface area (Å²) in [5.41, 5.74) is 2.05. The largest absolute Gasteiger partial charge is 0.495 e. The molecule has 2 amide bonds. The average Bonchev–Trinajstić information content (AvgIpc) is 3.04. The monoisotopic (exact) mass is 444 g/mol. The van der Waals surface area contributed by atoms with Crippen LogP contribution in [0.1, 0.15) is 53.9 Å². The molecule has 1 aromatic heterocycles. The van der Waals surface area contributed by atoms with Gasteiger partial charge in [-0.3, -0.25) is 14.4 Å². The van der Waals surface area contributed by atoms with E-state index in [-0.39, 0.29) is 30.6 Å². The molecule has 0 spiro atoms. The molecule has 8 heteroatoms. The Kier molecular flexibility index (Phi) is 7.33. The van der Waals surface area contributed by atoms with Gasteiger partial charge in [0.15, 0.2) is 0 Å². The molecule has 31 heavy (non-hydrogen) atoms. The van der Waals surface area contributed by atoms with Crippen LogP contribution < -0.4 is 15.4 Å². The first-order chi connectivity index (χ1) is 14.8. The van der Waals surface area contributed by atoms with Gasteiger partial charge in [0.05, 0.1) is 18.4 Å². The smallest absolute Gasteiger partial charge is 0.303 e. The topological polar surface area (TPSA) is 105 Å². The van der Waals surface area contributed by atoms with E-state index in [1.165, 1.54) is 11.3 Å². The summed E-state index contributed by atoms with van der Waals surface area (Å²) in [7, 11) is 1.54. The van der Waals surface area contributed by atoms with E-state index in [1.807, 2.05) is 12.1 Å². The zero-order chi connectivity index (χ0) is 22.5. The number of ether oxygens (including phenoxy) is 1. The van der Waals surface area contributed by atoms with Crippen LogP contribution in [0, 0.1) is 11.8 Å². The Morgan fingerprint density at radius 3 is 2.68 bits per heavy atom. The quantitative estimate of drug-likeness (QED) is 0.553. The molecule has 1 aromatic carbocycles. The first-order valence-corrected chi connectivity index (χ1v) is 11.2. The Morgan fingerprint density at radius 1 is 1.23 bits per heavy atom. The highest BCUT2D eigenvalue weighted by atomic mass is 32.1. The maximum Gasteiger partial charge on any atom is 0.303 e. The van der Waals surface area contributed by atoms with Gasteiger partial charge in [0, 0.05) is 17.7 Å². The first kappa shape index (κ1) is 22.8. The maximum absolute atomic E-state index is 13.3. The number of hydrogen-bond acceptors (Lipinski definition) is 5. The fraction of sp³-hybridized carbons (Fsp3) is 0.435. The number of amides is 2. The van der Waals surface area contributed by atoms with Gasteiger partial charge >= 0.3 is 5.97 Å². The first-order valence-electron chi connectivity index (χ1n) is 10.4. The third kappa shape index (κ3) is 5.64. The highest BCUT2D eigenvalue weighted by Crippen LogP contribution is 2.40. The standard InChI is InChI=1S/C23H28N2O5S/c1-13-8-9-15-18(10-13)31-23(25-19(26)11-14(2)12-20(27)28)21(15)22(29)24-16-6-4-5-7-17(16)30-3/h4-7,13-14H,8-12H2,1-3H3,(H,24,29)(H,25,26)(H,27,28)/t13-,14+/m0/s1. The van der Waals surface area contributed by atoms with Gasteiger partial charge < -0.3 is 20.5 Å². The van der Waals surface area contributed by atoms with Crippen molar-refractivity contribution in [1.82, 2.24) is 0 Å². The molecule has 0 bridgehead atoms. The van der Waals surface area contributed by atoms with Crippen molar-refractivity contribution in [3.05, 3.63) is 40.3 Å². The lowest BCUT2D eigenvalue weighted by Gasteiger charge is -2.19. The lowest BCUT2D eigenvalue weighted by Crippen LogP contribution is -2.21. The van der Waals surface area contributed by atoms with Crippen LogP contribution in [-0.4, -0.2) is 30.0 Å². The van der Waals surface area contributed by atoms with Crippen LogP contribution in [0.4, 0.5) is 10.7 Å². The zero-order valence-corrected chi connectivity index (χ0v) is 18.8. The highest BCUT2D eigenvalue weighted by molar-refractivity contribution is 7.17. The molecule has 1 heterocycles. The van der Waals surface area contributed by atoms with Crippen LogP contribution in [0.15, 0.2) is 24.3 Å². The summed E-state index contributed by atoms with van der Waals surface area (Å²) < 4.78 is 5.33. The van der Waals surface area contributed by atoms with Crippen molar-refractivity contribution in [1.29, 1.82) is 0 Å². The number of benzene rings is 1. The van der Waals surface area contributed by atoms with E-state index < -0.39 is 5.97 Å². The van der Waals surface area contributed by atoms with Gasteiger partial charge in [-0.15, -0.1) is 11.3 Å². The number of carboxylic acid groups (broad SMARTS) is 1. The van der Waals surface area contributed by atoms with Gasteiger partial charge in [-0.1, -0.05) is 26.0 Å². The van der Waals surface area contributed by atoms with Crippen LogP contribution in [0.2, 0.25) is 0 Å². The lowest BCUT2D eigenvalue weighted by molar-refractivity contribution is -0.138. The van der Waals surface area contributed by atoms with Gasteiger partial charge in [0.1, 0.15) is 10.8 Å². The summed E-state index contributed by atoms with van der Waals surface area (Å²) in [4.78, 5) is 37.9. The molecular formula is C23H28N2O5S. The van der Waals surface area contributed by atoms with E-state index >= 15 is 0 Å². The van der Waals surface area contributed by atoms with Crippen molar-refractivity contribution in [3.8, 4) is 5.75 Å². The minimum absolute atomic E-state index is 0.0764. The van der Waals surface area contributed by atoms with Crippen molar-refractivity contribution in [2.45, 2.75) is 46.0 Å². The number of carbonyl (C=O) groups is 3. The molecule has 0 saturated heterocycles. The molecule has 3 N–H and O–H groups in total. The number of fused-ring (bicyclic) bond motifs is 1. The SMILES string of the molecule is COc1ccccc1NC(=O)c1c(NC(=O)C[C@@H](C)CC(=O)O)sc2c1CC[C@H](C)C2. The Morgan fingerprint density at radius 2 is 1.97 bits per heavy atom. The van der Waals surface area contributed by atoms with E-state index in [0.29, 0.717) is 27.9 Å². The molecule has 1 aliphatic rings. The highest BCUT2D eigenvalue weighted by Gasteiger charge is 2.29. The average molecular weight is 445 g/mol. The third-order valence-electron chi connectivity index (χ3n) is 5.40. The number of hydrogen-bond donors (Lipinski definition) is 3. The molecule has 0 radical (unpaired) electrons. The minimum Gasteiger partial charge on any atom is -0.495 e. The maximum atomic E-state index is 13.3. The van der Waals surface area contributed by atoms with Crippen LogP contribution in [0.3, 0.4) is 0 Å². The summed E-state index contributed by atoms with van der Waals surface area (Å²) in [6, 6.07) is 7.18. The number of methoxy groups -OCH3 is 1. The molecule has 7 nitrogen and oxygen atoms in total. The summed E-state index contributed by atoms with van der Waals surface area (Å²) in [5.74, 6) is -0.718.